The molecule has 0 unspecified atom stereocenters. The van der Waals surface area contributed by atoms with Crippen molar-refractivity contribution < 1.29 is 14.3 Å². The fourth-order valence-electron chi connectivity index (χ4n) is 6.28. The highest BCUT2D eigenvalue weighted by molar-refractivity contribution is 5.96. The van der Waals surface area contributed by atoms with Crippen LogP contribution < -0.4 is 15.4 Å². The molecule has 2 N–H and O–H groups in total. The summed E-state index contributed by atoms with van der Waals surface area (Å²) in [6.07, 6.45) is 5.30. The van der Waals surface area contributed by atoms with E-state index in [1.807, 2.05) is 12.1 Å². The van der Waals surface area contributed by atoms with E-state index in [1.165, 1.54) is 22.2 Å². The number of ether oxygens (including phenoxy) is 1. The predicted molar refractivity (Wildman–Crippen MR) is 150 cm³/mol. The van der Waals surface area contributed by atoms with Crippen LogP contribution in [0.1, 0.15) is 60.6 Å². The molecule has 3 heterocycles. The molecular weight excluding hydrogens is 476 g/mol. The molecule has 2 amide bonds. The Kier molecular flexibility index (Phi) is 8.03. The van der Waals surface area contributed by atoms with Crippen molar-refractivity contribution >= 4 is 22.7 Å². The molecular formula is C31H40N4O3. The van der Waals surface area contributed by atoms with Crippen LogP contribution in [0.5, 0.6) is 5.75 Å². The molecule has 5 rings (SSSR count). The number of nitrogens with zero attached hydrogens (tertiary/aromatic N) is 2. The number of amides is 2. The van der Waals surface area contributed by atoms with Gasteiger partial charge in [0, 0.05) is 36.7 Å². The van der Waals surface area contributed by atoms with Crippen LogP contribution in [0.2, 0.25) is 0 Å². The molecule has 0 aliphatic carbocycles. The quantitative estimate of drug-likeness (QED) is 0.540. The third-order valence-corrected chi connectivity index (χ3v) is 8.50. The fraction of sp³-hybridized carbons (Fsp3) is 0.484. The molecule has 1 fully saturated rings. The first-order valence-corrected chi connectivity index (χ1v) is 14.1. The monoisotopic (exact) mass is 516 g/mol. The van der Waals surface area contributed by atoms with Gasteiger partial charge in [0.1, 0.15) is 12.4 Å². The molecule has 38 heavy (non-hydrogen) atoms. The molecule has 1 spiro atoms. The van der Waals surface area contributed by atoms with Crippen molar-refractivity contribution in [2.45, 2.75) is 52.0 Å². The number of hydrogen-bond acceptors (Lipinski definition) is 4. The van der Waals surface area contributed by atoms with Gasteiger partial charge >= 0.3 is 0 Å². The number of piperidine rings is 1. The van der Waals surface area contributed by atoms with E-state index in [2.05, 4.69) is 58.3 Å². The Morgan fingerprint density at radius 1 is 0.921 bits per heavy atom. The second-order valence-corrected chi connectivity index (χ2v) is 10.7. The van der Waals surface area contributed by atoms with Crippen molar-refractivity contribution in [2.24, 2.45) is 12.5 Å². The van der Waals surface area contributed by atoms with Crippen molar-refractivity contribution in [3.05, 3.63) is 65.4 Å². The summed E-state index contributed by atoms with van der Waals surface area (Å²) in [5.74, 6) is 0.596. The normalized spacial score (nSPS) is 19.3. The first kappa shape index (κ1) is 26.3. The van der Waals surface area contributed by atoms with Gasteiger partial charge in [-0.1, -0.05) is 43.7 Å². The summed E-state index contributed by atoms with van der Waals surface area (Å²) in [5, 5.41) is 7.53. The Labute approximate surface area is 225 Å². The molecule has 1 aromatic heterocycles. The number of carbonyl (C=O) groups excluding carboxylic acids is 2. The van der Waals surface area contributed by atoms with Gasteiger partial charge < -0.3 is 19.9 Å². The smallest absolute Gasteiger partial charge is 0.255 e. The Morgan fingerprint density at radius 2 is 1.68 bits per heavy atom. The van der Waals surface area contributed by atoms with Gasteiger partial charge in [0.2, 0.25) is 5.91 Å². The number of benzene rings is 2. The summed E-state index contributed by atoms with van der Waals surface area (Å²) in [6, 6.07) is 16.0. The highest BCUT2D eigenvalue weighted by Gasteiger charge is 2.40. The first-order valence-electron chi connectivity index (χ1n) is 14.1. The number of rotatable bonds is 3. The van der Waals surface area contributed by atoms with Crippen molar-refractivity contribution in [3.63, 3.8) is 0 Å². The molecule has 202 valence electrons. The fourth-order valence-corrected chi connectivity index (χ4v) is 6.28. The topological polar surface area (TPSA) is 75.6 Å². The first-order chi connectivity index (χ1) is 18.5. The van der Waals surface area contributed by atoms with E-state index in [-0.39, 0.29) is 17.2 Å². The highest BCUT2D eigenvalue weighted by Crippen LogP contribution is 2.38. The average Bonchev–Trinajstić information content (AvgIpc) is 3.21. The molecule has 0 atom stereocenters. The van der Waals surface area contributed by atoms with Crippen LogP contribution in [0.25, 0.3) is 10.9 Å². The molecule has 1 saturated heterocycles. The van der Waals surface area contributed by atoms with Gasteiger partial charge in [0.15, 0.2) is 0 Å². The zero-order valence-corrected chi connectivity index (χ0v) is 22.7. The van der Waals surface area contributed by atoms with Crippen molar-refractivity contribution in [1.82, 2.24) is 20.1 Å². The van der Waals surface area contributed by atoms with E-state index < -0.39 is 0 Å². The van der Waals surface area contributed by atoms with E-state index in [0.717, 1.165) is 58.2 Å². The maximum Gasteiger partial charge on any atom is 0.255 e. The van der Waals surface area contributed by atoms with Crippen molar-refractivity contribution in [1.29, 1.82) is 0 Å². The summed E-state index contributed by atoms with van der Waals surface area (Å²) in [6.45, 7) is 6.31. The Balaban J connectivity index is 1.26. The number of para-hydroxylation sites is 2. The zero-order chi connectivity index (χ0) is 26.5. The van der Waals surface area contributed by atoms with Crippen LogP contribution in [0.15, 0.2) is 48.5 Å². The molecule has 0 bridgehead atoms. The van der Waals surface area contributed by atoms with E-state index >= 15 is 0 Å². The van der Waals surface area contributed by atoms with Gasteiger partial charge in [0.25, 0.3) is 5.91 Å². The molecule has 7 heteroatoms. The number of likely N-dealkylation sites (tertiary alicyclic amines) is 1. The minimum Gasteiger partial charge on any atom is -0.491 e. The number of nitrogens with one attached hydrogen (secondary N) is 2. The van der Waals surface area contributed by atoms with Gasteiger partial charge in [-0.15, -0.1) is 0 Å². The molecule has 7 nitrogen and oxygen atoms in total. The van der Waals surface area contributed by atoms with Crippen LogP contribution >= 0.6 is 0 Å². The molecule has 0 radical (unpaired) electrons. The highest BCUT2D eigenvalue weighted by atomic mass is 16.5. The lowest BCUT2D eigenvalue weighted by molar-refractivity contribution is -0.134. The van der Waals surface area contributed by atoms with Gasteiger partial charge in [-0.25, -0.2) is 0 Å². The Bertz CT molecular complexity index is 1290. The summed E-state index contributed by atoms with van der Waals surface area (Å²) in [7, 11) is 2.17. The molecule has 0 saturated carbocycles. The number of hydrogen-bond donors (Lipinski definition) is 2. The Hall–Kier alpha value is -3.32. The maximum atomic E-state index is 13.5. The van der Waals surface area contributed by atoms with Crippen LogP contribution in [-0.2, 0) is 24.8 Å². The second-order valence-electron chi connectivity index (χ2n) is 10.7. The number of carbonyl (C=O) groups is 2. The lowest BCUT2D eigenvalue weighted by Gasteiger charge is -2.41. The van der Waals surface area contributed by atoms with E-state index in [0.29, 0.717) is 31.0 Å². The average molecular weight is 517 g/mol. The van der Waals surface area contributed by atoms with Gasteiger partial charge in [0.05, 0.1) is 17.5 Å². The lowest BCUT2D eigenvalue weighted by atomic mass is 9.73. The number of aryl methyl sites for hydroxylation is 1. The van der Waals surface area contributed by atoms with E-state index in [1.54, 1.807) is 12.1 Å². The minimum atomic E-state index is -0.366. The van der Waals surface area contributed by atoms with Crippen LogP contribution in [0.4, 0.5) is 0 Å². The second kappa shape index (κ2) is 11.6. The van der Waals surface area contributed by atoms with Gasteiger partial charge in [-0.2, -0.15) is 0 Å². The molecule has 2 aliphatic rings. The lowest BCUT2D eigenvalue weighted by Crippen LogP contribution is -2.49. The largest absolute Gasteiger partial charge is 0.491 e. The zero-order valence-electron chi connectivity index (χ0n) is 22.7. The molecule has 3 aromatic rings. The van der Waals surface area contributed by atoms with Crippen molar-refractivity contribution in [2.75, 3.05) is 32.8 Å². The number of aromatic nitrogens is 1. The Morgan fingerprint density at radius 3 is 2.50 bits per heavy atom. The molecule has 2 aromatic carbocycles. The summed E-state index contributed by atoms with van der Waals surface area (Å²) < 4.78 is 8.22. The van der Waals surface area contributed by atoms with E-state index in [4.69, 9.17) is 4.74 Å². The minimum absolute atomic E-state index is 0.107. The van der Waals surface area contributed by atoms with Gasteiger partial charge in [-0.3, -0.25) is 14.5 Å². The number of fused-ring (bicyclic) bond motifs is 2. The summed E-state index contributed by atoms with van der Waals surface area (Å²) >= 11 is 0. The van der Waals surface area contributed by atoms with Crippen molar-refractivity contribution in [3.8, 4) is 5.75 Å². The predicted octanol–water partition coefficient (Wildman–Crippen LogP) is 4.43. The summed E-state index contributed by atoms with van der Waals surface area (Å²) in [5.41, 5.74) is 4.28. The third kappa shape index (κ3) is 5.30. The van der Waals surface area contributed by atoms with Crippen LogP contribution in [-0.4, -0.2) is 54.1 Å². The summed E-state index contributed by atoms with van der Waals surface area (Å²) in [4.78, 5) is 28.7. The van der Waals surface area contributed by atoms with E-state index in [9.17, 15) is 9.59 Å². The standard InChI is InChI=1S/C31H40N4O3/c1-3-26-25(23-10-4-6-12-27(23)34(26)2)22-35-19-15-31(16-20-35)14-8-9-17-32-29(36)24-11-5-7-13-28(24)38-21-18-33-30(31)37/h4-7,10-13H,3,8-9,14-22H2,1-2H3,(H,32,36)(H,33,37). The molecule has 2 aliphatic heterocycles. The SMILES string of the molecule is CCc1c(CN2CCC3(CCCCNC(=O)c4ccccc4OCCNC3=O)CC2)c2ccccc2n1C. The van der Waals surface area contributed by atoms with Gasteiger partial charge in [-0.05, 0) is 69.0 Å². The third-order valence-electron chi connectivity index (χ3n) is 8.50. The van der Waals surface area contributed by atoms with Crippen LogP contribution in [0.3, 0.4) is 0 Å². The maximum absolute atomic E-state index is 13.5. The van der Waals surface area contributed by atoms with Crippen LogP contribution in [0, 0.1) is 5.41 Å².